The fourth-order valence-corrected chi connectivity index (χ4v) is 2.98. The van der Waals surface area contributed by atoms with Gasteiger partial charge in [0.2, 0.25) is 5.91 Å². The molecule has 5 nitrogen and oxygen atoms in total. The summed E-state index contributed by atoms with van der Waals surface area (Å²) in [6, 6.07) is 12.5. The van der Waals surface area contributed by atoms with Gasteiger partial charge in [0.25, 0.3) is 5.91 Å². The van der Waals surface area contributed by atoms with Crippen molar-refractivity contribution in [2.45, 2.75) is 19.1 Å². The molecule has 6 heteroatoms. The van der Waals surface area contributed by atoms with Crippen LogP contribution in [0.5, 0.6) is 0 Å². The molecule has 3 rings (SSSR count). The Morgan fingerprint density at radius 1 is 1.24 bits per heavy atom. The van der Waals surface area contributed by atoms with Crippen LogP contribution in [0.15, 0.2) is 48.5 Å². The van der Waals surface area contributed by atoms with E-state index in [1.807, 2.05) is 6.07 Å². The van der Waals surface area contributed by atoms with Gasteiger partial charge in [-0.25, -0.2) is 4.39 Å². The van der Waals surface area contributed by atoms with Gasteiger partial charge in [0.05, 0.1) is 12.3 Å². The molecule has 0 bridgehead atoms. The highest BCUT2D eigenvalue weighted by Crippen LogP contribution is 2.24. The number of carbonyl (C=O) groups is 2. The zero-order valence-corrected chi connectivity index (χ0v) is 13.9. The Labute approximate surface area is 145 Å². The van der Waals surface area contributed by atoms with Gasteiger partial charge >= 0.3 is 0 Å². The maximum absolute atomic E-state index is 13.9. The molecule has 1 N–H and O–H groups in total. The van der Waals surface area contributed by atoms with Crippen LogP contribution in [0.2, 0.25) is 0 Å². The summed E-state index contributed by atoms with van der Waals surface area (Å²) in [4.78, 5) is 26.5. The first kappa shape index (κ1) is 17.1. The fourth-order valence-electron chi connectivity index (χ4n) is 2.98. The third-order valence-electron chi connectivity index (χ3n) is 4.22. The van der Waals surface area contributed by atoms with E-state index in [2.05, 4.69) is 5.32 Å². The van der Waals surface area contributed by atoms with Gasteiger partial charge in [-0.3, -0.25) is 9.59 Å². The van der Waals surface area contributed by atoms with E-state index >= 15 is 0 Å². The molecule has 1 fully saturated rings. The third kappa shape index (κ3) is 3.53. The topological polar surface area (TPSA) is 58.6 Å². The molecule has 0 aromatic heterocycles. The van der Waals surface area contributed by atoms with Crippen molar-refractivity contribution in [1.82, 2.24) is 5.32 Å². The van der Waals surface area contributed by atoms with E-state index in [0.29, 0.717) is 25.1 Å². The molecule has 0 radical (unpaired) electrons. The number of carbonyl (C=O) groups excluding carboxylic acids is 2. The van der Waals surface area contributed by atoms with E-state index < -0.39 is 11.9 Å². The molecule has 130 valence electrons. The molecule has 1 saturated heterocycles. The molecule has 25 heavy (non-hydrogen) atoms. The first-order valence-corrected chi connectivity index (χ1v) is 8.05. The Bertz CT molecular complexity index is 794. The van der Waals surface area contributed by atoms with E-state index in [1.165, 1.54) is 11.0 Å². The molecular weight excluding hydrogens is 323 g/mol. The lowest BCUT2D eigenvalue weighted by Gasteiger charge is -2.18. The summed E-state index contributed by atoms with van der Waals surface area (Å²) in [7, 11) is 1.56. The van der Waals surface area contributed by atoms with E-state index in [9.17, 15) is 14.0 Å². The van der Waals surface area contributed by atoms with Gasteiger partial charge < -0.3 is 15.0 Å². The summed E-state index contributed by atoms with van der Waals surface area (Å²) in [5.74, 6) is -1.09. The van der Waals surface area contributed by atoms with Gasteiger partial charge in [-0.1, -0.05) is 30.3 Å². The first-order valence-electron chi connectivity index (χ1n) is 8.05. The molecule has 2 aromatic rings. The maximum atomic E-state index is 13.9. The standard InChI is InChI=1S/C19H19FN2O3/c1-25-12-13-6-2-3-7-14(13)18(23)21-16-10-11-22(19(16)24)17-9-5-4-8-15(17)20/h2-9,16H,10-12H2,1H3,(H,21,23). The van der Waals surface area contributed by atoms with Crippen LogP contribution in [0.3, 0.4) is 0 Å². The predicted octanol–water partition coefficient (Wildman–Crippen LogP) is 2.51. The number of nitrogens with one attached hydrogen (secondary N) is 1. The largest absolute Gasteiger partial charge is 0.380 e. The van der Waals surface area contributed by atoms with E-state index in [4.69, 9.17) is 4.74 Å². The van der Waals surface area contributed by atoms with Gasteiger partial charge in [0.15, 0.2) is 0 Å². The number of hydrogen-bond acceptors (Lipinski definition) is 3. The molecule has 0 saturated carbocycles. The number of hydrogen-bond donors (Lipinski definition) is 1. The van der Waals surface area contributed by atoms with Crippen molar-refractivity contribution < 1.29 is 18.7 Å². The maximum Gasteiger partial charge on any atom is 0.252 e. The number of methoxy groups -OCH3 is 1. The van der Waals surface area contributed by atoms with Crippen molar-refractivity contribution in [3.63, 3.8) is 0 Å². The molecular formula is C19H19FN2O3. The van der Waals surface area contributed by atoms with Crippen LogP contribution in [0.1, 0.15) is 22.3 Å². The van der Waals surface area contributed by atoms with Gasteiger partial charge in [-0.05, 0) is 30.2 Å². The smallest absolute Gasteiger partial charge is 0.252 e. The molecule has 0 aliphatic carbocycles. The minimum absolute atomic E-state index is 0.240. The zero-order chi connectivity index (χ0) is 17.8. The summed E-state index contributed by atoms with van der Waals surface area (Å²) in [5.41, 5.74) is 1.46. The first-order chi connectivity index (χ1) is 12.1. The lowest BCUT2D eigenvalue weighted by molar-refractivity contribution is -0.118. The van der Waals surface area contributed by atoms with Crippen molar-refractivity contribution in [3.05, 3.63) is 65.5 Å². The Kier molecular flexibility index (Phi) is 5.09. The van der Waals surface area contributed by atoms with Crippen LogP contribution in [-0.2, 0) is 16.1 Å². The summed E-state index contributed by atoms with van der Waals surface area (Å²) < 4.78 is 19.0. The second kappa shape index (κ2) is 7.44. The number of amides is 2. The number of rotatable bonds is 5. The lowest BCUT2D eigenvalue weighted by Crippen LogP contribution is -2.42. The summed E-state index contributed by atoms with van der Waals surface area (Å²) in [6.07, 6.45) is 0.436. The van der Waals surface area contributed by atoms with Crippen LogP contribution in [-0.4, -0.2) is 31.5 Å². The second-order valence-corrected chi connectivity index (χ2v) is 5.85. The van der Waals surface area contributed by atoms with Crippen LogP contribution < -0.4 is 10.2 Å². The normalized spacial score (nSPS) is 17.0. The van der Waals surface area contributed by atoms with Gasteiger partial charge in [-0.15, -0.1) is 0 Å². The number of benzene rings is 2. The average molecular weight is 342 g/mol. The summed E-state index contributed by atoms with van der Waals surface area (Å²) >= 11 is 0. The number of para-hydroxylation sites is 1. The molecule has 1 unspecified atom stereocenters. The monoisotopic (exact) mass is 342 g/mol. The molecule has 0 spiro atoms. The third-order valence-corrected chi connectivity index (χ3v) is 4.22. The van der Waals surface area contributed by atoms with Crippen molar-refractivity contribution in [3.8, 4) is 0 Å². The lowest BCUT2D eigenvalue weighted by atomic mass is 10.1. The van der Waals surface area contributed by atoms with Gasteiger partial charge in [-0.2, -0.15) is 0 Å². The van der Waals surface area contributed by atoms with Crippen molar-refractivity contribution in [2.75, 3.05) is 18.6 Å². The van der Waals surface area contributed by atoms with Crippen LogP contribution in [0.25, 0.3) is 0 Å². The fraction of sp³-hybridized carbons (Fsp3) is 0.263. The molecule has 1 atom stereocenters. The van der Waals surface area contributed by atoms with Gasteiger partial charge in [0.1, 0.15) is 11.9 Å². The average Bonchev–Trinajstić information content (AvgIpc) is 2.97. The molecule has 2 amide bonds. The summed E-state index contributed by atoms with van der Waals surface area (Å²) in [5, 5.41) is 2.75. The van der Waals surface area contributed by atoms with Crippen LogP contribution in [0, 0.1) is 5.82 Å². The number of ether oxygens (including phenoxy) is 1. The van der Waals surface area contributed by atoms with E-state index in [1.54, 1.807) is 43.5 Å². The SMILES string of the molecule is COCc1ccccc1C(=O)NC1CCN(c2ccccc2F)C1=O. The quantitative estimate of drug-likeness (QED) is 0.908. The predicted molar refractivity (Wildman–Crippen MR) is 91.8 cm³/mol. The molecule has 1 aliphatic rings. The Morgan fingerprint density at radius 3 is 2.72 bits per heavy atom. The molecule has 1 aliphatic heterocycles. The number of nitrogens with zero attached hydrogens (tertiary/aromatic N) is 1. The van der Waals surface area contributed by atoms with Crippen LogP contribution in [0.4, 0.5) is 10.1 Å². The number of anilines is 1. The second-order valence-electron chi connectivity index (χ2n) is 5.85. The Balaban J connectivity index is 1.73. The minimum atomic E-state index is -0.664. The molecule has 2 aromatic carbocycles. The van der Waals surface area contributed by atoms with Crippen molar-refractivity contribution in [2.24, 2.45) is 0 Å². The summed E-state index contributed by atoms with van der Waals surface area (Å²) in [6.45, 7) is 0.675. The number of halogens is 1. The minimum Gasteiger partial charge on any atom is -0.380 e. The van der Waals surface area contributed by atoms with E-state index in [-0.39, 0.29) is 17.5 Å². The Morgan fingerprint density at radius 2 is 1.96 bits per heavy atom. The highest BCUT2D eigenvalue weighted by atomic mass is 19.1. The molecule has 1 heterocycles. The highest BCUT2D eigenvalue weighted by molar-refractivity contribution is 6.04. The van der Waals surface area contributed by atoms with Crippen molar-refractivity contribution >= 4 is 17.5 Å². The van der Waals surface area contributed by atoms with Gasteiger partial charge in [0, 0.05) is 19.2 Å². The highest BCUT2D eigenvalue weighted by Gasteiger charge is 2.35. The Hall–Kier alpha value is -2.73. The van der Waals surface area contributed by atoms with Crippen molar-refractivity contribution in [1.29, 1.82) is 0 Å². The van der Waals surface area contributed by atoms with E-state index in [0.717, 1.165) is 5.56 Å². The zero-order valence-electron chi connectivity index (χ0n) is 13.9. The van der Waals surface area contributed by atoms with Crippen LogP contribution >= 0.6 is 0 Å².